The van der Waals surface area contributed by atoms with Crippen molar-refractivity contribution >= 4 is 38.5 Å². The summed E-state index contributed by atoms with van der Waals surface area (Å²) in [5, 5.41) is -0.954. The van der Waals surface area contributed by atoms with E-state index in [0.29, 0.717) is 25.9 Å². The molecule has 1 heterocycles. The lowest BCUT2D eigenvalue weighted by atomic mass is 10.1. The molecule has 0 saturated carbocycles. The van der Waals surface area contributed by atoms with Gasteiger partial charge in [-0.05, 0) is 58.9 Å². The van der Waals surface area contributed by atoms with Gasteiger partial charge in [0.25, 0.3) is 0 Å². The summed E-state index contributed by atoms with van der Waals surface area (Å²) in [5.74, 6) is 0.0404. The van der Waals surface area contributed by atoms with E-state index in [0.717, 1.165) is 0 Å². The Balaban J connectivity index is 3.38. The molecule has 1 rings (SSSR count). The standard InChI is InChI=1S/C16H38NO5PSi3/c1-15(18)17-13-11-16(12-14-17,20-24(2,3)4)23(19,21-25(5,6)7)22-26(8,9)10/h11-14H2,1-10H3. The van der Waals surface area contributed by atoms with Gasteiger partial charge in [-0.25, -0.2) is 0 Å². The van der Waals surface area contributed by atoms with Gasteiger partial charge in [-0.1, -0.05) is 0 Å². The van der Waals surface area contributed by atoms with Gasteiger partial charge in [0.1, 0.15) is 0 Å². The largest absolute Gasteiger partial charge is 0.401 e. The highest BCUT2D eigenvalue weighted by atomic mass is 31.2. The van der Waals surface area contributed by atoms with Crippen LogP contribution >= 0.6 is 7.60 Å². The van der Waals surface area contributed by atoms with Crippen LogP contribution in [0.1, 0.15) is 19.8 Å². The molecule has 0 atom stereocenters. The number of nitrogens with zero attached hydrogens (tertiary/aromatic N) is 1. The molecule has 0 aromatic rings. The molecule has 1 aliphatic rings. The minimum absolute atomic E-state index is 0.0404. The fourth-order valence-corrected chi connectivity index (χ4v) is 14.0. The van der Waals surface area contributed by atoms with Crippen LogP contribution in [0.4, 0.5) is 0 Å². The van der Waals surface area contributed by atoms with Gasteiger partial charge in [0.2, 0.25) is 5.91 Å². The number of likely N-dealkylation sites (tertiary alicyclic amines) is 1. The number of carbonyl (C=O) groups is 1. The molecule has 1 fully saturated rings. The van der Waals surface area contributed by atoms with E-state index in [2.05, 4.69) is 19.6 Å². The fraction of sp³-hybridized carbons (Fsp3) is 0.938. The van der Waals surface area contributed by atoms with Gasteiger partial charge in [0, 0.05) is 32.9 Å². The zero-order valence-corrected chi connectivity index (χ0v) is 22.2. The second-order valence-electron chi connectivity index (χ2n) is 10.1. The van der Waals surface area contributed by atoms with Crippen molar-refractivity contribution in [2.24, 2.45) is 0 Å². The van der Waals surface area contributed by atoms with E-state index in [4.69, 9.17) is 12.9 Å². The van der Waals surface area contributed by atoms with Crippen molar-refractivity contribution in [2.75, 3.05) is 13.1 Å². The van der Waals surface area contributed by atoms with Crippen molar-refractivity contribution in [1.29, 1.82) is 0 Å². The highest BCUT2D eigenvalue weighted by Crippen LogP contribution is 2.67. The van der Waals surface area contributed by atoms with Gasteiger partial charge >= 0.3 is 7.60 Å². The van der Waals surface area contributed by atoms with Crippen LogP contribution in [-0.2, 0) is 22.2 Å². The molecule has 0 spiro atoms. The van der Waals surface area contributed by atoms with Crippen molar-refractivity contribution in [2.45, 2.75) is 84.0 Å². The van der Waals surface area contributed by atoms with E-state index in [1.807, 2.05) is 39.3 Å². The molecule has 0 bridgehead atoms. The Morgan fingerprint density at radius 2 is 1.23 bits per heavy atom. The molecule has 6 nitrogen and oxygen atoms in total. The lowest BCUT2D eigenvalue weighted by molar-refractivity contribution is -0.131. The summed E-state index contributed by atoms with van der Waals surface area (Å²) in [4.78, 5) is 13.6. The van der Waals surface area contributed by atoms with Crippen LogP contribution in [-0.4, -0.2) is 54.2 Å². The van der Waals surface area contributed by atoms with E-state index < -0.39 is 37.9 Å². The maximum atomic E-state index is 14.3. The molecule has 26 heavy (non-hydrogen) atoms. The van der Waals surface area contributed by atoms with Crippen LogP contribution in [0.25, 0.3) is 0 Å². The molecule has 1 amide bonds. The Hall–Kier alpha value is 0.231. The number of hydrogen-bond donors (Lipinski definition) is 0. The molecule has 0 N–H and O–H groups in total. The van der Waals surface area contributed by atoms with Gasteiger partial charge in [-0.15, -0.1) is 0 Å². The fourth-order valence-electron chi connectivity index (χ4n) is 3.08. The second-order valence-corrected chi connectivity index (χ2v) is 26.2. The second kappa shape index (κ2) is 7.93. The smallest absolute Gasteiger partial charge is 0.342 e. The van der Waals surface area contributed by atoms with Gasteiger partial charge < -0.3 is 17.8 Å². The van der Waals surface area contributed by atoms with Gasteiger partial charge in [-0.2, -0.15) is 0 Å². The third kappa shape index (κ3) is 7.00. The first-order chi connectivity index (χ1) is 11.4. The lowest BCUT2D eigenvalue weighted by Crippen LogP contribution is -2.53. The zero-order valence-electron chi connectivity index (χ0n) is 18.3. The summed E-state index contributed by atoms with van der Waals surface area (Å²) in [6, 6.07) is 0. The molecule has 10 heteroatoms. The van der Waals surface area contributed by atoms with Crippen LogP contribution in [0.15, 0.2) is 0 Å². The third-order valence-corrected chi connectivity index (χ3v) is 12.8. The minimum Gasteiger partial charge on any atom is -0.401 e. The maximum absolute atomic E-state index is 14.3. The summed E-state index contributed by atoms with van der Waals surface area (Å²) in [6.07, 6.45) is 0.978. The summed E-state index contributed by atoms with van der Waals surface area (Å²) in [5.41, 5.74) is 0. The highest BCUT2D eigenvalue weighted by molar-refractivity contribution is 7.58. The average Bonchev–Trinajstić information content (AvgIpc) is 2.32. The predicted octanol–water partition coefficient (Wildman–Crippen LogP) is 5.07. The normalized spacial score (nSPS) is 19.5. The third-order valence-electron chi connectivity index (χ3n) is 3.77. The van der Waals surface area contributed by atoms with Crippen molar-refractivity contribution in [1.82, 2.24) is 4.90 Å². The van der Waals surface area contributed by atoms with E-state index in [9.17, 15) is 9.36 Å². The van der Waals surface area contributed by atoms with Crippen LogP contribution in [0.3, 0.4) is 0 Å². The van der Waals surface area contributed by atoms with Crippen LogP contribution in [0.2, 0.25) is 58.9 Å². The molecule has 0 aromatic carbocycles. The van der Waals surface area contributed by atoms with Gasteiger partial charge in [-0.3, -0.25) is 9.36 Å². The van der Waals surface area contributed by atoms with Crippen molar-refractivity contribution in [3.05, 3.63) is 0 Å². The monoisotopic (exact) mass is 439 g/mol. The maximum Gasteiger partial charge on any atom is 0.342 e. The Kier molecular flexibility index (Phi) is 7.40. The summed E-state index contributed by atoms with van der Waals surface area (Å²) < 4.78 is 33.5. The Bertz CT molecular complexity index is 538. The van der Waals surface area contributed by atoms with Crippen molar-refractivity contribution in [3.63, 3.8) is 0 Å². The zero-order chi connectivity index (χ0) is 20.6. The summed E-state index contributed by atoms with van der Waals surface area (Å²) in [6.45, 7) is 21.1. The molecule has 1 aliphatic heterocycles. The van der Waals surface area contributed by atoms with E-state index in [1.54, 1.807) is 11.8 Å². The first kappa shape index (κ1) is 24.3. The first-order valence-electron chi connectivity index (χ1n) is 9.36. The molecule has 0 aromatic heterocycles. The molecular weight excluding hydrogens is 401 g/mol. The SMILES string of the molecule is CC(=O)N1CCC(O[Si](C)(C)C)(P(=O)(O[Si](C)(C)C)O[Si](C)(C)C)CC1. The minimum atomic E-state index is -3.52. The van der Waals surface area contributed by atoms with Crippen LogP contribution in [0, 0.1) is 0 Å². The number of hydrogen-bond acceptors (Lipinski definition) is 5. The number of carbonyl (C=O) groups excluding carboxylic acids is 1. The quantitative estimate of drug-likeness (QED) is 0.409. The summed E-state index contributed by atoms with van der Waals surface area (Å²) >= 11 is 0. The number of amides is 1. The van der Waals surface area contributed by atoms with Gasteiger partial charge in [0.15, 0.2) is 30.3 Å². The Labute approximate surface area is 162 Å². The molecular formula is C16H38NO5PSi3. The van der Waals surface area contributed by atoms with E-state index in [1.165, 1.54) is 0 Å². The summed E-state index contributed by atoms with van der Waals surface area (Å²) in [7, 11) is -9.85. The van der Waals surface area contributed by atoms with Crippen LogP contribution in [0.5, 0.6) is 0 Å². The average molecular weight is 440 g/mol. The molecule has 154 valence electrons. The first-order valence-corrected chi connectivity index (χ1v) is 21.1. The van der Waals surface area contributed by atoms with Gasteiger partial charge in [0.05, 0.1) is 0 Å². The molecule has 1 saturated heterocycles. The molecule has 0 unspecified atom stereocenters. The number of rotatable bonds is 7. The van der Waals surface area contributed by atoms with Crippen molar-refractivity contribution < 1.29 is 22.2 Å². The topological polar surface area (TPSA) is 65.1 Å². The Morgan fingerprint density at radius 3 is 1.50 bits per heavy atom. The highest BCUT2D eigenvalue weighted by Gasteiger charge is 2.58. The lowest BCUT2D eigenvalue weighted by Gasteiger charge is -2.49. The van der Waals surface area contributed by atoms with Crippen LogP contribution < -0.4 is 0 Å². The molecule has 0 aliphatic carbocycles. The van der Waals surface area contributed by atoms with E-state index in [-0.39, 0.29) is 5.91 Å². The molecule has 0 radical (unpaired) electrons. The van der Waals surface area contributed by atoms with Crippen molar-refractivity contribution in [3.8, 4) is 0 Å². The number of piperidine rings is 1. The predicted molar refractivity (Wildman–Crippen MR) is 115 cm³/mol. The van der Waals surface area contributed by atoms with E-state index >= 15 is 0 Å². The Morgan fingerprint density at radius 1 is 0.846 bits per heavy atom.